The van der Waals surface area contributed by atoms with Gasteiger partial charge in [0.15, 0.2) is 0 Å². The van der Waals surface area contributed by atoms with Gasteiger partial charge in [-0.25, -0.2) is 13.2 Å². The SMILES string of the molecule is O=S(=O)(Oc1c(F)c(F)c(F)c(F)c1F)c1ccc(C#Cc2ccccc2)cc1. The van der Waals surface area contributed by atoms with Crippen LogP contribution in [-0.2, 0) is 10.1 Å². The van der Waals surface area contributed by atoms with Crippen molar-refractivity contribution >= 4 is 10.1 Å². The van der Waals surface area contributed by atoms with Crippen LogP contribution >= 0.6 is 0 Å². The van der Waals surface area contributed by atoms with Gasteiger partial charge in [-0.2, -0.15) is 17.2 Å². The summed E-state index contributed by atoms with van der Waals surface area (Å²) in [5, 5.41) is 0. The predicted molar refractivity (Wildman–Crippen MR) is 92.9 cm³/mol. The van der Waals surface area contributed by atoms with Crippen molar-refractivity contribution in [3.05, 3.63) is 94.8 Å². The van der Waals surface area contributed by atoms with Gasteiger partial charge >= 0.3 is 10.1 Å². The molecule has 148 valence electrons. The largest absolute Gasteiger partial charge is 0.372 e. The summed E-state index contributed by atoms with van der Waals surface area (Å²) in [6.45, 7) is 0. The topological polar surface area (TPSA) is 43.4 Å². The van der Waals surface area contributed by atoms with Crippen LogP contribution in [0.5, 0.6) is 5.75 Å². The average molecular weight is 424 g/mol. The second kappa shape index (κ2) is 7.93. The number of hydrogen-bond donors (Lipinski definition) is 0. The minimum Gasteiger partial charge on any atom is -0.372 e. The third kappa shape index (κ3) is 4.22. The Morgan fingerprint density at radius 2 is 1.07 bits per heavy atom. The maximum absolute atomic E-state index is 13.6. The molecule has 3 aromatic carbocycles. The fourth-order valence-corrected chi connectivity index (χ4v) is 3.12. The van der Waals surface area contributed by atoms with Crippen LogP contribution in [0, 0.1) is 40.9 Å². The van der Waals surface area contributed by atoms with E-state index in [1.54, 1.807) is 24.3 Å². The molecule has 0 bridgehead atoms. The standard InChI is InChI=1S/C20H9F5O3S/c21-15-16(22)18(24)20(19(25)17(15)23)28-29(26,27)14-10-8-13(9-11-14)7-6-12-4-2-1-3-5-12/h1-5,8-11H. The van der Waals surface area contributed by atoms with Crippen molar-refractivity contribution in [2.24, 2.45) is 0 Å². The molecule has 0 fully saturated rings. The van der Waals surface area contributed by atoms with Crippen LogP contribution in [0.15, 0.2) is 59.5 Å². The molecular weight excluding hydrogens is 415 g/mol. The molecule has 0 spiro atoms. The van der Waals surface area contributed by atoms with Gasteiger partial charge in [-0.3, -0.25) is 0 Å². The molecule has 3 nitrogen and oxygen atoms in total. The number of benzene rings is 3. The van der Waals surface area contributed by atoms with Crippen molar-refractivity contribution in [3.8, 4) is 17.6 Å². The zero-order chi connectivity index (χ0) is 21.2. The van der Waals surface area contributed by atoms with Crippen molar-refractivity contribution in [1.82, 2.24) is 0 Å². The van der Waals surface area contributed by atoms with Gasteiger partial charge in [-0.1, -0.05) is 30.0 Å². The van der Waals surface area contributed by atoms with Crippen LogP contribution in [0.25, 0.3) is 0 Å². The number of rotatable bonds is 3. The maximum Gasteiger partial charge on any atom is 0.339 e. The van der Waals surface area contributed by atoms with Gasteiger partial charge in [0.1, 0.15) is 4.90 Å². The third-order valence-corrected chi connectivity index (χ3v) is 4.87. The Labute approximate surface area is 162 Å². The first-order chi connectivity index (χ1) is 13.7. The molecule has 0 saturated carbocycles. The zero-order valence-corrected chi connectivity index (χ0v) is 15.0. The van der Waals surface area contributed by atoms with Crippen LogP contribution in [0.2, 0.25) is 0 Å². The van der Waals surface area contributed by atoms with Gasteiger partial charge in [0.2, 0.25) is 34.8 Å². The molecule has 0 radical (unpaired) electrons. The Hall–Kier alpha value is -3.38. The highest BCUT2D eigenvalue weighted by molar-refractivity contribution is 7.87. The van der Waals surface area contributed by atoms with Gasteiger partial charge < -0.3 is 4.18 Å². The lowest BCUT2D eigenvalue weighted by Gasteiger charge is -2.10. The minimum atomic E-state index is -4.87. The average Bonchev–Trinajstić information content (AvgIpc) is 2.73. The second-order valence-electron chi connectivity index (χ2n) is 5.58. The molecule has 0 atom stereocenters. The summed E-state index contributed by atoms with van der Waals surface area (Å²) in [4.78, 5) is -0.563. The molecule has 9 heteroatoms. The molecule has 29 heavy (non-hydrogen) atoms. The summed E-state index contributed by atoms with van der Waals surface area (Å²) < 4.78 is 95.3. The van der Waals surface area contributed by atoms with Gasteiger partial charge in [-0.05, 0) is 36.4 Å². The fourth-order valence-electron chi connectivity index (χ4n) is 2.19. The Morgan fingerprint density at radius 3 is 1.59 bits per heavy atom. The molecule has 0 amide bonds. The van der Waals surface area contributed by atoms with Crippen molar-refractivity contribution in [1.29, 1.82) is 0 Å². The van der Waals surface area contributed by atoms with E-state index >= 15 is 0 Å². The zero-order valence-electron chi connectivity index (χ0n) is 14.2. The monoisotopic (exact) mass is 424 g/mol. The molecule has 0 heterocycles. The number of halogens is 5. The van der Waals surface area contributed by atoms with E-state index in [0.717, 1.165) is 17.7 Å². The summed E-state index contributed by atoms with van der Waals surface area (Å²) in [5.74, 6) is -8.13. The van der Waals surface area contributed by atoms with Crippen LogP contribution in [-0.4, -0.2) is 8.42 Å². The van der Waals surface area contributed by atoms with E-state index < -0.39 is 49.8 Å². The Bertz CT molecular complexity index is 1200. The fraction of sp³-hybridized carbons (Fsp3) is 0. The summed E-state index contributed by atoms with van der Waals surface area (Å²) in [6, 6.07) is 13.6. The van der Waals surface area contributed by atoms with Crippen molar-refractivity contribution in [3.63, 3.8) is 0 Å². The predicted octanol–water partition coefficient (Wildman–Crippen LogP) is 4.55. The van der Waals surface area contributed by atoms with E-state index in [2.05, 4.69) is 16.0 Å². The molecule has 3 aromatic rings. The Balaban J connectivity index is 1.89. The molecule has 0 aliphatic heterocycles. The quantitative estimate of drug-likeness (QED) is 0.204. The lowest BCUT2D eigenvalue weighted by Crippen LogP contribution is -2.14. The van der Waals surface area contributed by atoms with Gasteiger partial charge in [-0.15, -0.1) is 0 Å². The third-order valence-electron chi connectivity index (χ3n) is 3.63. The Morgan fingerprint density at radius 1 is 0.621 bits per heavy atom. The van der Waals surface area contributed by atoms with Crippen molar-refractivity contribution in [2.75, 3.05) is 0 Å². The lowest BCUT2D eigenvalue weighted by atomic mass is 10.2. The summed E-state index contributed by atoms with van der Waals surface area (Å²) >= 11 is 0. The van der Waals surface area contributed by atoms with Gasteiger partial charge in [0.25, 0.3) is 0 Å². The summed E-state index contributed by atoms with van der Waals surface area (Å²) in [6.07, 6.45) is 0. The second-order valence-corrected chi connectivity index (χ2v) is 7.12. The summed E-state index contributed by atoms with van der Waals surface area (Å²) in [5.41, 5.74) is 1.14. The molecule has 3 rings (SSSR count). The molecular formula is C20H9F5O3S. The normalized spacial score (nSPS) is 10.9. The van der Waals surface area contributed by atoms with E-state index in [9.17, 15) is 30.4 Å². The Kier molecular flexibility index (Phi) is 5.57. The van der Waals surface area contributed by atoms with E-state index in [4.69, 9.17) is 0 Å². The van der Waals surface area contributed by atoms with Crippen LogP contribution in [0.4, 0.5) is 22.0 Å². The van der Waals surface area contributed by atoms with E-state index in [1.165, 1.54) is 12.1 Å². The van der Waals surface area contributed by atoms with Crippen LogP contribution in [0.1, 0.15) is 11.1 Å². The van der Waals surface area contributed by atoms with Crippen LogP contribution < -0.4 is 4.18 Å². The molecule has 0 aromatic heterocycles. The first-order valence-corrected chi connectivity index (χ1v) is 9.24. The van der Waals surface area contributed by atoms with E-state index in [-0.39, 0.29) is 0 Å². The first kappa shape index (κ1) is 20.4. The van der Waals surface area contributed by atoms with Crippen LogP contribution in [0.3, 0.4) is 0 Å². The van der Waals surface area contributed by atoms with E-state index in [0.29, 0.717) is 5.56 Å². The summed E-state index contributed by atoms with van der Waals surface area (Å²) in [7, 11) is -4.87. The molecule has 0 unspecified atom stereocenters. The highest BCUT2D eigenvalue weighted by atomic mass is 32.2. The highest BCUT2D eigenvalue weighted by Crippen LogP contribution is 2.31. The molecule has 0 saturated heterocycles. The van der Waals surface area contributed by atoms with Gasteiger partial charge in [0.05, 0.1) is 0 Å². The van der Waals surface area contributed by atoms with Gasteiger partial charge in [0, 0.05) is 11.1 Å². The number of hydrogen-bond acceptors (Lipinski definition) is 3. The van der Waals surface area contributed by atoms with Crippen molar-refractivity contribution in [2.45, 2.75) is 4.90 Å². The highest BCUT2D eigenvalue weighted by Gasteiger charge is 2.30. The first-order valence-electron chi connectivity index (χ1n) is 7.84. The smallest absolute Gasteiger partial charge is 0.339 e. The minimum absolute atomic E-state index is 0.420. The maximum atomic E-state index is 13.6. The molecule has 0 N–H and O–H groups in total. The van der Waals surface area contributed by atoms with Crippen molar-refractivity contribution < 1.29 is 34.6 Å². The molecule has 0 aliphatic rings. The van der Waals surface area contributed by atoms with E-state index in [1.807, 2.05) is 6.07 Å². The lowest BCUT2D eigenvalue weighted by molar-refractivity contribution is 0.346. The molecule has 0 aliphatic carbocycles.